The van der Waals surface area contributed by atoms with Crippen molar-refractivity contribution in [1.82, 2.24) is 4.90 Å². The predicted molar refractivity (Wildman–Crippen MR) is 65.5 cm³/mol. The lowest BCUT2D eigenvalue weighted by Crippen LogP contribution is -2.41. The van der Waals surface area contributed by atoms with E-state index in [-0.39, 0.29) is 6.04 Å². The second-order valence-electron chi connectivity index (χ2n) is 5.23. The summed E-state index contributed by atoms with van der Waals surface area (Å²) in [6.45, 7) is 8.41. The van der Waals surface area contributed by atoms with Gasteiger partial charge in [0.2, 0.25) is 0 Å². The van der Waals surface area contributed by atoms with E-state index in [2.05, 4.69) is 18.7 Å². The van der Waals surface area contributed by atoms with Crippen molar-refractivity contribution in [2.75, 3.05) is 13.1 Å². The zero-order valence-electron chi connectivity index (χ0n) is 10.8. The van der Waals surface area contributed by atoms with Crippen molar-refractivity contribution in [2.24, 2.45) is 11.8 Å². The molecule has 0 bridgehead atoms. The normalized spacial score (nSPS) is 25.4. The van der Waals surface area contributed by atoms with Crippen LogP contribution in [0.5, 0.6) is 0 Å². The van der Waals surface area contributed by atoms with Crippen molar-refractivity contribution in [1.29, 1.82) is 0 Å². The van der Waals surface area contributed by atoms with E-state index in [0.717, 1.165) is 37.8 Å². The smallest absolute Gasteiger partial charge is 0.320 e. The zero-order chi connectivity index (χ0) is 12.1. The number of rotatable bonds is 4. The van der Waals surface area contributed by atoms with Crippen LogP contribution in [0.25, 0.3) is 0 Å². The lowest BCUT2D eigenvalue weighted by Gasteiger charge is -2.26. The quantitative estimate of drug-likeness (QED) is 0.802. The number of likely N-dealkylation sites (tertiary alicyclic amines) is 1. The number of carboxylic acid groups (broad SMARTS) is 1. The van der Waals surface area contributed by atoms with Crippen LogP contribution in [0.4, 0.5) is 0 Å². The van der Waals surface area contributed by atoms with Crippen LogP contribution in [0.15, 0.2) is 0 Å². The molecule has 1 saturated heterocycles. The minimum absolute atomic E-state index is 0.272. The molecule has 3 nitrogen and oxygen atoms in total. The molecule has 94 valence electrons. The maximum Gasteiger partial charge on any atom is 0.320 e. The Morgan fingerprint density at radius 1 is 1.38 bits per heavy atom. The number of hydrogen-bond acceptors (Lipinski definition) is 2. The zero-order valence-corrected chi connectivity index (χ0v) is 10.8. The molecule has 0 saturated carbocycles. The van der Waals surface area contributed by atoms with Crippen LogP contribution < -0.4 is 0 Å². The summed E-state index contributed by atoms with van der Waals surface area (Å²) in [5.74, 6) is 0.839. The molecule has 1 aliphatic heterocycles. The highest BCUT2D eigenvalue weighted by atomic mass is 16.4. The number of carbonyl (C=O) groups is 1. The molecular formula is C13H25NO2. The van der Waals surface area contributed by atoms with E-state index in [1.54, 1.807) is 0 Å². The first kappa shape index (κ1) is 13.5. The van der Waals surface area contributed by atoms with Gasteiger partial charge in [0.25, 0.3) is 0 Å². The van der Waals surface area contributed by atoms with Gasteiger partial charge in [-0.15, -0.1) is 0 Å². The Morgan fingerprint density at radius 3 is 2.56 bits per heavy atom. The average Bonchev–Trinajstić information content (AvgIpc) is 2.44. The fraction of sp³-hybridized carbons (Fsp3) is 0.923. The largest absolute Gasteiger partial charge is 0.480 e. The van der Waals surface area contributed by atoms with Gasteiger partial charge in [-0.1, -0.05) is 20.8 Å². The molecule has 1 heterocycles. The van der Waals surface area contributed by atoms with E-state index in [1.165, 1.54) is 6.42 Å². The molecule has 0 radical (unpaired) electrons. The van der Waals surface area contributed by atoms with Crippen molar-refractivity contribution in [3.05, 3.63) is 0 Å². The Hall–Kier alpha value is -0.570. The number of hydrogen-bond donors (Lipinski definition) is 1. The van der Waals surface area contributed by atoms with Gasteiger partial charge in [-0.05, 0) is 50.6 Å². The maximum absolute atomic E-state index is 11.1. The predicted octanol–water partition coefficient (Wildman–Crippen LogP) is 2.61. The third-order valence-corrected chi connectivity index (χ3v) is 3.86. The van der Waals surface area contributed by atoms with Crippen molar-refractivity contribution >= 4 is 5.97 Å². The van der Waals surface area contributed by atoms with Gasteiger partial charge in [0, 0.05) is 0 Å². The van der Waals surface area contributed by atoms with E-state index in [9.17, 15) is 4.79 Å². The Kier molecular flexibility index (Phi) is 5.26. The second kappa shape index (κ2) is 6.24. The molecule has 0 spiro atoms. The molecule has 0 aromatic heterocycles. The van der Waals surface area contributed by atoms with Crippen LogP contribution in [0.1, 0.15) is 46.5 Å². The lowest BCUT2D eigenvalue weighted by molar-refractivity contribution is -0.143. The molecule has 16 heavy (non-hydrogen) atoms. The molecule has 1 aliphatic rings. The standard InChI is InChI=1S/C13H25NO2/c1-4-12(13(15)16)14-8-5-6-11(7-9-14)10(2)3/h10-12H,4-9H2,1-3H3,(H,15,16). The summed E-state index contributed by atoms with van der Waals surface area (Å²) in [6, 6.07) is -0.272. The van der Waals surface area contributed by atoms with Crippen molar-refractivity contribution in [3.63, 3.8) is 0 Å². The lowest BCUT2D eigenvalue weighted by atomic mass is 9.89. The number of nitrogens with zero attached hydrogens (tertiary/aromatic N) is 1. The molecule has 1 rings (SSSR count). The Morgan fingerprint density at radius 2 is 2.06 bits per heavy atom. The van der Waals surface area contributed by atoms with Gasteiger partial charge in [-0.3, -0.25) is 9.69 Å². The summed E-state index contributed by atoms with van der Waals surface area (Å²) in [5.41, 5.74) is 0. The minimum Gasteiger partial charge on any atom is -0.480 e. The SMILES string of the molecule is CCC(C(=O)O)N1CCCC(C(C)C)CC1. The third kappa shape index (κ3) is 3.48. The second-order valence-corrected chi connectivity index (χ2v) is 5.23. The molecule has 2 unspecified atom stereocenters. The Bertz CT molecular complexity index is 228. The van der Waals surface area contributed by atoms with Crippen molar-refractivity contribution in [2.45, 2.75) is 52.5 Å². The van der Waals surface area contributed by atoms with Gasteiger partial charge in [-0.2, -0.15) is 0 Å². The first-order chi connectivity index (χ1) is 7.56. The van der Waals surface area contributed by atoms with Crippen LogP contribution in [0.2, 0.25) is 0 Å². The van der Waals surface area contributed by atoms with Crippen molar-refractivity contribution in [3.8, 4) is 0 Å². The topological polar surface area (TPSA) is 40.5 Å². The fourth-order valence-electron chi connectivity index (χ4n) is 2.71. The molecule has 0 aromatic rings. The van der Waals surface area contributed by atoms with Crippen LogP contribution >= 0.6 is 0 Å². The van der Waals surface area contributed by atoms with Crippen LogP contribution in [0, 0.1) is 11.8 Å². The summed E-state index contributed by atoms with van der Waals surface area (Å²) >= 11 is 0. The summed E-state index contributed by atoms with van der Waals surface area (Å²) < 4.78 is 0. The Labute approximate surface area is 98.8 Å². The fourth-order valence-corrected chi connectivity index (χ4v) is 2.71. The average molecular weight is 227 g/mol. The molecule has 3 heteroatoms. The highest BCUT2D eigenvalue weighted by Crippen LogP contribution is 2.25. The van der Waals surface area contributed by atoms with Gasteiger partial charge in [0.05, 0.1) is 0 Å². The summed E-state index contributed by atoms with van der Waals surface area (Å²) in [4.78, 5) is 13.3. The number of carboxylic acids is 1. The van der Waals surface area contributed by atoms with E-state index < -0.39 is 5.97 Å². The third-order valence-electron chi connectivity index (χ3n) is 3.86. The molecular weight excluding hydrogens is 202 g/mol. The molecule has 1 N–H and O–H groups in total. The summed E-state index contributed by atoms with van der Waals surface area (Å²) in [7, 11) is 0. The van der Waals surface area contributed by atoms with Crippen molar-refractivity contribution < 1.29 is 9.90 Å². The van der Waals surface area contributed by atoms with Gasteiger partial charge in [-0.25, -0.2) is 0 Å². The first-order valence-electron chi connectivity index (χ1n) is 6.53. The van der Waals surface area contributed by atoms with Gasteiger partial charge in [0.1, 0.15) is 6.04 Å². The summed E-state index contributed by atoms with van der Waals surface area (Å²) in [6.07, 6.45) is 4.26. The monoisotopic (exact) mass is 227 g/mol. The Balaban J connectivity index is 2.55. The highest BCUT2D eigenvalue weighted by Gasteiger charge is 2.27. The summed E-state index contributed by atoms with van der Waals surface area (Å²) in [5, 5.41) is 9.15. The van der Waals surface area contributed by atoms with Gasteiger partial charge >= 0.3 is 5.97 Å². The molecule has 0 aliphatic carbocycles. The van der Waals surface area contributed by atoms with Crippen LogP contribution in [-0.2, 0) is 4.79 Å². The van der Waals surface area contributed by atoms with Gasteiger partial charge < -0.3 is 5.11 Å². The van der Waals surface area contributed by atoms with Crippen LogP contribution in [0.3, 0.4) is 0 Å². The molecule has 2 atom stereocenters. The highest BCUT2D eigenvalue weighted by molar-refractivity contribution is 5.73. The van der Waals surface area contributed by atoms with Gasteiger partial charge in [0.15, 0.2) is 0 Å². The van der Waals surface area contributed by atoms with E-state index in [0.29, 0.717) is 6.42 Å². The molecule has 0 aromatic carbocycles. The van der Waals surface area contributed by atoms with E-state index >= 15 is 0 Å². The maximum atomic E-state index is 11.1. The van der Waals surface area contributed by atoms with E-state index in [4.69, 9.17) is 5.11 Å². The molecule has 0 amide bonds. The van der Waals surface area contributed by atoms with Crippen LogP contribution in [-0.4, -0.2) is 35.1 Å². The first-order valence-corrected chi connectivity index (χ1v) is 6.53. The number of aliphatic carboxylic acids is 1. The minimum atomic E-state index is -0.662. The van der Waals surface area contributed by atoms with E-state index in [1.807, 2.05) is 6.92 Å². The molecule has 1 fully saturated rings.